The smallest absolute Gasteiger partial charge is 0.341 e. The molecule has 0 radical (unpaired) electrons. The number of para-hydroxylation sites is 1. The third-order valence-electron chi connectivity index (χ3n) is 4.02. The number of carbonyl (C=O) groups is 3. The lowest BCUT2D eigenvalue weighted by atomic mass is 10.1. The molecular formula is C19H21N3O6S. The Kier molecular flexibility index (Phi) is 7.05. The molecule has 1 aromatic heterocycles. The standard InChI is InChI=1S/C19H21N3O6S/c1-5-28-19(25)15-11(2)16(18(24)21(3)4)29-17(15)20-14(23)10-12-8-6-7-9-13(12)22(26)27/h6-9H,5,10H2,1-4H3,(H,20,23). The van der Waals surface area contributed by atoms with Crippen LogP contribution in [0.4, 0.5) is 10.7 Å². The Hall–Kier alpha value is -3.27. The number of nitrogens with one attached hydrogen (secondary N) is 1. The zero-order chi connectivity index (χ0) is 21.7. The van der Waals surface area contributed by atoms with Gasteiger partial charge < -0.3 is 15.0 Å². The van der Waals surface area contributed by atoms with Crippen LogP contribution in [0.5, 0.6) is 0 Å². The van der Waals surface area contributed by atoms with E-state index in [1.165, 1.54) is 23.1 Å². The van der Waals surface area contributed by atoms with Crippen LogP contribution in [0.2, 0.25) is 0 Å². The van der Waals surface area contributed by atoms with Crippen molar-refractivity contribution in [2.75, 3.05) is 26.0 Å². The summed E-state index contributed by atoms with van der Waals surface area (Å²) in [6.45, 7) is 3.39. The van der Waals surface area contributed by atoms with Crippen LogP contribution in [0.1, 0.15) is 38.1 Å². The minimum absolute atomic E-state index is 0.109. The van der Waals surface area contributed by atoms with Gasteiger partial charge in [-0.15, -0.1) is 11.3 Å². The maximum atomic E-state index is 12.5. The van der Waals surface area contributed by atoms with Gasteiger partial charge in [-0.05, 0) is 19.4 Å². The zero-order valence-corrected chi connectivity index (χ0v) is 17.3. The molecule has 0 aliphatic heterocycles. The molecule has 10 heteroatoms. The minimum atomic E-state index is -0.653. The molecule has 0 fully saturated rings. The molecule has 1 aromatic carbocycles. The Morgan fingerprint density at radius 1 is 1.24 bits per heavy atom. The van der Waals surface area contributed by atoms with E-state index in [4.69, 9.17) is 4.74 Å². The van der Waals surface area contributed by atoms with Crippen molar-refractivity contribution < 1.29 is 24.0 Å². The first-order valence-electron chi connectivity index (χ1n) is 8.71. The molecule has 0 saturated heterocycles. The predicted molar refractivity (Wildman–Crippen MR) is 108 cm³/mol. The number of esters is 1. The van der Waals surface area contributed by atoms with Gasteiger partial charge in [0.15, 0.2) is 0 Å². The normalized spacial score (nSPS) is 10.3. The average molecular weight is 419 g/mol. The lowest BCUT2D eigenvalue weighted by Gasteiger charge is -2.09. The molecule has 154 valence electrons. The number of ether oxygens (including phenoxy) is 1. The maximum Gasteiger partial charge on any atom is 0.341 e. The van der Waals surface area contributed by atoms with Gasteiger partial charge in [-0.25, -0.2) is 4.79 Å². The molecule has 0 saturated carbocycles. The monoisotopic (exact) mass is 419 g/mol. The highest BCUT2D eigenvalue weighted by Gasteiger charge is 2.27. The molecule has 2 amide bonds. The summed E-state index contributed by atoms with van der Waals surface area (Å²) in [5, 5.41) is 13.9. The summed E-state index contributed by atoms with van der Waals surface area (Å²) in [6.07, 6.45) is -0.257. The van der Waals surface area contributed by atoms with E-state index in [9.17, 15) is 24.5 Å². The van der Waals surface area contributed by atoms with Crippen molar-refractivity contribution in [3.8, 4) is 0 Å². The van der Waals surface area contributed by atoms with Gasteiger partial charge in [0.1, 0.15) is 5.00 Å². The molecule has 0 bridgehead atoms. The van der Waals surface area contributed by atoms with Crippen molar-refractivity contribution in [2.24, 2.45) is 0 Å². The minimum Gasteiger partial charge on any atom is -0.462 e. The third-order valence-corrected chi connectivity index (χ3v) is 5.21. The van der Waals surface area contributed by atoms with Crippen molar-refractivity contribution in [2.45, 2.75) is 20.3 Å². The Morgan fingerprint density at radius 3 is 2.48 bits per heavy atom. The first-order valence-corrected chi connectivity index (χ1v) is 9.53. The molecule has 0 aliphatic rings. The molecule has 0 atom stereocenters. The van der Waals surface area contributed by atoms with E-state index < -0.39 is 16.8 Å². The summed E-state index contributed by atoms with van der Waals surface area (Å²) < 4.78 is 5.06. The van der Waals surface area contributed by atoms with Gasteiger partial charge in [0.05, 0.1) is 28.4 Å². The summed E-state index contributed by atoms with van der Waals surface area (Å²) >= 11 is 0.968. The Labute approximate surface area is 171 Å². The number of nitro groups is 1. The van der Waals surface area contributed by atoms with Crippen LogP contribution in [0.3, 0.4) is 0 Å². The van der Waals surface area contributed by atoms with Gasteiger partial charge in [0, 0.05) is 25.7 Å². The number of hydrogen-bond donors (Lipinski definition) is 1. The maximum absolute atomic E-state index is 12.5. The fourth-order valence-corrected chi connectivity index (χ4v) is 3.87. The molecule has 29 heavy (non-hydrogen) atoms. The van der Waals surface area contributed by atoms with Crippen LogP contribution >= 0.6 is 11.3 Å². The number of rotatable bonds is 7. The predicted octanol–water partition coefficient (Wildman–Crippen LogP) is 3.02. The second-order valence-electron chi connectivity index (χ2n) is 6.29. The SMILES string of the molecule is CCOC(=O)c1c(NC(=O)Cc2ccccc2[N+](=O)[O-])sc(C(=O)N(C)C)c1C. The van der Waals surface area contributed by atoms with Gasteiger partial charge in [-0.3, -0.25) is 19.7 Å². The zero-order valence-electron chi connectivity index (χ0n) is 16.5. The highest BCUT2D eigenvalue weighted by atomic mass is 32.1. The van der Waals surface area contributed by atoms with Crippen LogP contribution < -0.4 is 5.32 Å². The van der Waals surface area contributed by atoms with E-state index in [1.54, 1.807) is 34.0 Å². The van der Waals surface area contributed by atoms with Crippen LogP contribution in [-0.4, -0.2) is 48.3 Å². The second-order valence-corrected chi connectivity index (χ2v) is 7.31. The molecular weight excluding hydrogens is 398 g/mol. The number of nitro benzene ring substituents is 1. The largest absolute Gasteiger partial charge is 0.462 e. The van der Waals surface area contributed by atoms with Gasteiger partial charge in [-0.2, -0.15) is 0 Å². The second kappa shape index (κ2) is 9.28. The average Bonchev–Trinajstić information content (AvgIpc) is 2.97. The molecule has 1 N–H and O–H groups in total. The number of thiophene rings is 1. The molecule has 0 aliphatic carbocycles. The number of amides is 2. The first-order chi connectivity index (χ1) is 13.7. The fourth-order valence-electron chi connectivity index (χ4n) is 2.64. The van der Waals surface area contributed by atoms with E-state index >= 15 is 0 Å². The summed E-state index contributed by atoms with van der Waals surface area (Å²) in [6, 6.07) is 5.92. The number of nitrogens with zero attached hydrogens (tertiary/aromatic N) is 2. The quantitative estimate of drug-likeness (QED) is 0.419. The van der Waals surface area contributed by atoms with Crippen LogP contribution in [0.15, 0.2) is 24.3 Å². The topological polar surface area (TPSA) is 119 Å². The van der Waals surface area contributed by atoms with E-state index in [1.807, 2.05) is 0 Å². The van der Waals surface area contributed by atoms with E-state index in [0.29, 0.717) is 10.4 Å². The number of carbonyl (C=O) groups excluding carboxylic acids is 3. The summed E-state index contributed by atoms with van der Waals surface area (Å²) in [7, 11) is 3.16. The number of anilines is 1. The van der Waals surface area contributed by atoms with Crippen LogP contribution in [0, 0.1) is 17.0 Å². The molecule has 1 heterocycles. The molecule has 9 nitrogen and oxygen atoms in total. The Morgan fingerprint density at radius 2 is 1.90 bits per heavy atom. The first kappa shape index (κ1) is 22.0. The van der Waals surface area contributed by atoms with Gasteiger partial charge >= 0.3 is 5.97 Å². The fraction of sp³-hybridized carbons (Fsp3) is 0.316. The molecule has 0 spiro atoms. The molecule has 0 unspecified atom stereocenters. The Bertz CT molecular complexity index is 967. The summed E-state index contributed by atoms with van der Waals surface area (Å²) in [5.41, 5.74) is 0.593. The lowest BCUT2D eigenvalue weighted by Crippen LogP contribution is -2.21. The lowest BCUT2D eigenvalue weighted by molar-refractivity contribution is -0.385. The van der Waals surface area contributed by atoms with Crippen molar-refractivity contribution in [3.05, 3.63) is 55.9 Å². The van der Waals surface area contributed by atoms with E-state index in [-0.39, 0.29) is 40.8 Å². The van der Waals surface area contributed by atoms with E-state index in [2.05, 4.69) is 5.32 Å². The highest BCUT2D eigenvalue weighted by Crippen LogP contribution is 2.34. The Balaban J connectivity index is 2.37. The van der Waals surface area contributed by atoms with Gasteiger partial charge in [0.25, 0.3) is 11.6 Å². The van der Waals surface area contributed by atoms with Crippen molar-refractivity contribution in [3.63, 3.8) is 0 Å². The molecule has 2 rings (SSSR count). The van der Waals surface area contributed by atoms with Crippen molar-refractivity contribution in [1.29, 1.82) is 0 Å². The highest BCUT2D eigenvalue weighted by molar-refractivity contribution is 7.18. The van der Waals surface area contributed by atoms with Gasteiger partial charge in [0.2, 0.25) is 5.91 Å². The summed E-state index contributed by atoms with van der Waals surface area (Å²) in [5.74, 6) is -1.51. The molecule has 2 aromatic rings. The van der Waals surface area contributed by atoms with Gasteiger partial charge in [-0.1, -0.05) is 18.2 Å². The number of benzene rings is 1. The van der Waals surface area contributed by atoms with Crippen LogP contribution in [-0.2, 0) is 16.0 Å². The van der Waals surface area contributed by atoms with E-state index in [0.717, 1.165) is 11.3 Å². The summed E-state index contributed by atoms with van der Waals surface area (Å²) in [4.78, 5) is 49.6. The van der Waals surface area contributed by atoms with Crippen molar-refractivity contribution >= 4 is 39.8 Å². The van der Waals surface area contributed by atoms with Crippen molar-refractivity contribution in [1.82, 2.24) is 4.90 Å². The van der Waals surface area contributed by atoms with Crippen LogP contribution in [0.25, 0.3) is 0 Å². The third kappa shape index (κ3) is 4.96. The number of hydrogen-bond acceptors (Lipinski definition) is 7.